The lowest BCUT2D eigenvalue weighted by Gasteiger charge is -1.94. The van der Waals surface area contributed by atoms with Crippen LogP contribution in [0.3, 0.4) is 0 Å². The summed E-state index contributed by atoms with van der Waals surface area (Å²) in [5, 5.41) is 1.81. The highest BCUT2D eigenvalue weighted by Gasteiger charge is 2.09. The highest BCUT2D eigenvalue weighted by atomic mass is 32.1. The van der Waals surface area contributed by atoms with Gasteiger partial charge in [0.1, 0.15) is 4.88 Å². The Bertz CT molecular complexity index is 553. The summed E-state index contributed by atoms with van der Waals surface area (Å²) in [6.07, 6.45) is 3.01. The molecule has 1 N–H and O–H groups in total. The summed E-state index contributed by atoms with van der Waals surface area (Å²) < 4.78 is 4.60. The van der Waals surface area contributed by atoms with Crippen LogP contribution >= 0.6 is 11.3 Å². The van der Waals surface area contributed by atoms with Crippen molar-refractivity contribution >= 4 is 17.3 Å². The molecule has 0 saturated carbocycles. The zero-order chi connectivity index (χ0) is 11.5. The van der Waals surface area contributed by atoms with Crippen LogP contribution in [-0.4, -0.2) is 23.0 Å². The molecule has 0 unspecified atom stereocenters. The van der Waals surface area contributed by atoms with E-state index >= 15 is 0 Å². The minimum absolute atomic E-state index is 0.367. The standard InChI is InChI=1S/C10H8N2O3S/c1-15-9(13)8-2-6(5-16-8)7-3-11-10(14)12-4-7/h2-5H,1H3,(H,11,12,14). The molecule has 0 radical (unpaired) electrons. The quantitative estimate of drug-likeness (QED) is 0.797. The Morgan fingerprint density at radius 3 is 2.94 bits per heavy atom. The van der Waals surface area contributed by atoms with Crippen molar-refractivity contribution in [2.24, 2.45) is 0 Å². The zero-order valence-electron chi connectivity index (χ0n) is 8.39. The molecule has 0 aliphatic rings. The first kappa shape index (κ1) is 10.6. The third-order valence-corrected chi connectivity index (χ3v) is 2.90. The summed E-state index contributed by atoms with van der Waals surface area (Å²) >= 11 is 1.29. The highest BCUT2D eigenvalue weighted by Crippen LogP contribution is 2.24. The number of thiophene rings is 1. The van der Waals surface area contributed by atoms with Gasteiger partial charge in [-0.2, -0.15) is 0 Å². The van der Waals surface area contributed by atoms with E-state index in [1.54, 1.807) is 12.3 Å². The molecule has 0 amide bonds. The number of hydrogen-bond donors (Lipinski definition) is 1. The van der Waals surface area contributed by atoms with Crippen LogP contribution < -0.4 is 5.69 Å². The molecule has 2 aromatic heterocycles. The molecule has 16 heavy (non-hydrogen) atoms. The van der Waals surface area contributed by atoms with E-state index in [9.17, 15) is 9.59 Å². The third-order valence-electron chi connectivity index (χ3n) is 1.99. The molecular weight excluding hydrogens is 228 g/mol. The first-order valence-electron chi connectivity index (χ1n) is 4.42. The maximum absolute atomic E-state index is 11.2. The van der Waals surface area contributed by atoms with Crippen molar-refractivity contribution < 1.29 is 9.53 Å². The van der Waals surface area contributed by atoms with Gasteiger partial charge in [0, 0.05) is 18.0 Å². The molecule has 0 fully saturated rings. The minimum atomic E-state index is -0.396. The van der Waals surface area contributed by atoms with Crippen LogP contribution in [0, 0.1) is 0 Å². The molecular formula is C10H8N2O3S. The van der Waals surface area contributed by atoms with Gasteiger partial charge in [-0.3, -0.25) is 0 Å². The van der Waals surface area contributed by atoms with Gasteiger partial charge in [0.15, 0.2) is 0 Å². The monoisotopic (exact) mass is 236 g/mol. The van der Waals surface area contributed by atoms with Crippen molar-refractivity contribution in [1.29, 1.82) is 0 Å². The fraction of sp³-hybridized carbons (Fsp3) is 0.100. The maximum atomic E-state index is 11.2. The van der Waals surface area contributed by atoms with Crippen LogP contribution in [0.1, 0.15) is 9.67 Å². The number of methoxy groups -OCH3 is 1. The molecule has 0 bridgehead atoms. The summed E-state index contributed by atoms with van der Waals surface area (Å²) in [5.74, 6) is -0.367. The summed E-state index contributed by atoms with van der Waals surface area (Å²) in [4.78, 5) is 28.6. The van der Waals surface area contributed by atoms with Crippen molar-refractivity contribution in [3.63, 3.8) is 0 Å². The van der Waals surface area contributed by atoms with Crippen LogP contribution in [0.25, 0.3) is 11.1 Å². The van der Waals surface area contributed by atoms with Gasteiger partial charge < -0.3 is 9.72 Å². The third kappa shape index (κ3) is 2.01. The summed E-state index contributed by atoms with van der Waals surface area (Å²) in [7, 11) is 1.34. The van der Waals surface area contributed by atoms with Gasteiger partial charge in [0.2, 0.25) is 0 Å². The van der Waals surface area contributed by atoms with Crippen LogP contribution in [-0.2, 0) is 4.74 Å². The lowest BCUT2D eigenvalue weighted by atomic mass is 10.2. The van der Waals surface area contributed by atoms with Crippen LogP contribution in [0.5, 0.6) is 0 Å². The molecule has 0 aliphatic carbocycles. The van der Waals surface area contributed by atoms with Crippen molar-refractivity contribution in [2.75, 3.05) is 7.11 Å². The summed E-state index contributed by atoms with van der Waals surface area (Å²) in [6.45, 7) is 0. The lowest BCUT2D eigenvalue weighted by Crippen LogP contribution is -2.07. The Morgan fingerprint density at radius 2 is 2.31 bits per heavy atom. The van der Waals surface area contributed by atoms with E-state index in [1.165, 1.54) is 24.6 Å². The van der Waals surface area contributed by atoms with Gasteiger partial charge in [-0.15, -0.1) is 11.3 Å². The fourth-order valence-electron chi connectivity index (χ4n) is 1.20. The van der Waals surface area contributed by atoms with Crippen molar-refractivity contribution in [3.05, 3.63) is 39.2 Å². The SMILES string of the molecule is COC(=O)c1cc(-c2cnc(=O)[nH]c2)cs1. The van der Waals surface area contributed by atoms with E-state index < -0.39 is 5.69 Å². The van der Waals surface area contributed by atoms with Gasteiger partial charge >= 0.3 is 11.7 Å². The average molecular weight is 236 g/mol. The number of H-pyrrole nitrogens is 1. The van der Waals surface area contributed by atoms with Gasteiger partial charge in [0.25, 0.3) is 0 Å². The molecule has 0 aliphatic heterocycles. The van der Waals surface area contributed by atoms with Crippen LogP contribution in [0.4, 0.5) is 0 Å². The Kier molecular flexibility index (Phi) is 2.82. The predicted octanol–water partition coefficient (Wildman–Crippen LogP) is 1.29. The number of aromatic nitrogens is 2. The largest absolute Gasteiger partial charge is 0.465 e. The van der Waals surface area contributed by atoms with Crippen LogP contribution in [0.15, 0.2) is 28.6 Å². The van der Waals surface area contributed by atoms with Crippen molar-refractivity contribution in [1.82, 2.24) is 9.97 Å². The number of carbonyl (C=O) groups is 1. The number of aromatic amines is 1. The number of hydrogen-bond acceptors (Lipinski definition) is 5. The highest BCUT2D eigenvalue weighted by molar-refractivity contribution is 7.12. The first-order chi connectivity index (χ1) is 7.70. The Balaban J connectivity index is 2.35. The summed E-state index contributed by atoms with van der Waals surface area (Å²) in [5.41, 5.74) is 1.19. The maximum Gasteiger partial charge on any atom is 0.348 e. The van der Waals surface area contributed by atoms with Gasteiger partial charge in [0.05, 0.1) is 7.11 Å². The molecule has 5 nitrogen and oxygen atoms in total. The van der Waals surface area contributed by atoms with Crippen molar-refractivity contribution in [2.45, 2.75) is 0 Å². The number of ether oxygens (including phenoxy) is 1. The molecule has 6 heteroatoms. The fourth-order valence-corrected chi connectivity index (χ4v) is 2.03. The van der Waals surface area contributed by atoms with Gasteiger partial charge in [-0.1, -0.05) is 0 Å². The number of nitrogens with zero attached hydrogens (tertiary/aromatic N) is 1. The smallest absolute Gasteiger partial charge is 0.348 e. The number of carbonyl (C=O) groups excluding carboxylic acids is 1. The first-order valence-corrected chi connectivity index (χ1v) is 5.30. The van der Waals surface area contributed by atoms with Gasteiger partial charge in [-0.05, 0) is 17.0 Å². The second kappa shape index (κ2) is 4.28. The molecule has 82 valence electrons. The zero-order valence-corrected chi connectivity index (χ0v) is 9.21. The molecule has 2 heterocycles. The van der Waals surface area contributed by atoms with E-state index in [2.05, 4.69) is 14.7 Å². The minimum Gasteiger partial charge on any atom is -0.465 e. The lowest BCUT2D eigenvalue weighted by molar-refractivity contribution is 0.0606. The molecule has 0 atom stereocenters. The number of nitrogens with one attached hydrogen (secondary N) is 1. The van der Waals surface area contributed by atoms with Gasteiger partial charge in [-0.25, -0.2) is 14.6 Å². The van der Waals surface area contributed by atoms with E-state index in [4.69, 9.17) is 0 Å². The average Bonchev–Trinajstić information content (AvgIpc) is 2.78. The van der Waals surface area contributed by atoms with Crippen LogP contribution in [0.2, 0.25) is 0 Å². The molecule has 2 rings (SSSR count). The Hall–Kier alpha value is -1.95. The van der Waals surface area contributed by atoms with E-state index in [1.807, 2.05) is 5.38 Å². The Labute approximate surface area is 94.7 Å². The number of esters is 1. The molecule has 2 aromatic rings. The topological polar surface area (TPSA) is 72.0 Å². The molecule has 0 saturated heterocycles. The second-order valence-electron chi connectivity index (χ2n) is 3.00. The molecule has 0 spiro atoms. The van der Waals surface area contributed by atoms with E-state index in [-0.39, 0.29) is 5.97 Å². The Morgan fingerprint density at radius 1 is 1.50 bits per heavy atom. The van der Waals surface area contributed by atoms with Crippen molar-refractivity contribution in [3.8, 4) is 11.1 Å². The predicted molar refractivity (Wildman–Crippen MR) is 59.5 cm³/mol. The second-order valence-corrected chi connectivity index (χ2v) is 3.91. The van der Waals surface area contributed by atoms with E-state index in [0.717, 1.165) is 11.1 Å². The number of rotatable bonds is 2. The van der Waals surface area contributed by atoms with E-state index in [0.29, 0.717) is 4.88 Å². The normalized spacial score (nSPS) is 10.1. The summed E-state index contributed by atoms with van der Waals surface area (Å²) in [6, 6.07) is 1.70. The molecule has 0 aromatic carbocycles.